The lowest BCUT2D eigenvalue weighted by Crippen LogP contribution is -2.30. The predicted molar refractivity (Wildman–Crippen MR) is 86.0 cm³/mol. The number of hydrogen-bond donors (Lipinski definition) is 2. The molecule has 23 heavy (non-hydrogen) atoms. The number of nitrogens with one attached hydrogen (secondary N) is 2. The van der Waals surface area contributed by atoms with E-state index in [2.05, 4.69) is 4.72 Å². The highest BCUT2D eigenvalue weighted by Crippen LogP contribution is 2.15. The lowest BCUT2D eigenvalue weighted by molar-refractivity contribution is 0.0981. The summed E-state index contributed by atoms with van der Waals surface area (Å²) in [5, 5.41) is 0. The molecule has 0 unspecified atom stereocenters. The smallest absolute Gasteiger partial charge is 0.264 e. The molecular formula is C14H14N2O5S2. The van der Waals surface area contributed by atoms with Crippen LogP contribution in [-0.4, -0.2) is 29.0 Å². The van der Waals surface area contributed by atoms with Gasteiger partial charge in [0.2, 0.25) is 10.0 Å². The summed E-state index contributed by atoms with van der Waals surface area (Å²) in [6.07, 6.45) is 0.984. The van der Waals surface area contributed by atoms with E-state index in [1.54, 1.807) is 18.2 Å². The highest BCUT2D eigenvalue weighted by atomic mass is 32.2. The summed E-state index contributed by atoms with van der Waals surface area (Å²) in [6, 6.07) is 12.9. The molecule has 0 aromatic heterocycles. The Hall–Kier alpha value is -2.39. The van der Waals surface area contributed by atoms with E-state index in [1.165, 1.54) is 36.4 Å². The van der Waals surface area contributed by atoms with Crippen molar-refractivity contribution in [1.82, 2.24) is 4.72 Å². The molecular weight excluding hydrogens is 340 g/mol. The molecule has 122 valence electrons. The van der Waals surface area contributed by atoms with Gasteiger partial charge in [-0.05, 0) is 36.4 Å². The Morgan fingerprint density at radius 3 is 1.96 bits per heavy atom. The maximum Gasteiger partial charge on any atom is 0.264 e. The normalized spacial score (nSPS) is 11.7. The Morgan fingerprint density at radius 1 is 0.870 bits per heavy atom. The highest BCUT2D eigenvalue weighted by Gasteiger charge is 2.18. The predicted octanol–water partition coefficient (Wildman–Crippen LogP) is 1.18. The van der Waals surface area contributed by atoms with Crippen LogP contribution in [0.1, 0.15) is 10.4 Å². The summed E-state index contributed by atoms with van der Waals surface area (Å²) < 4.78 is 50.6. The number of anilines is 1. The molecule has 2 aromatic rings. The summed E-state index contributed by atoms with van der Waals surface area (Å²) in [7, 11) is -7.49. The average molecular weight is 354 g/mol. The average Bonchev–Trinajstić information content (AvgIpc) is 2.46. The van der Waals surface area contributed by atoms with Crippen molar-refractivity contribution in [2.75, 3.05) is 11.0 Å². The van der Waals surface area contributed by atoms with Gasteiger partial charge >= 0.3 is 0 Å². The van der Waals surface area contributed by atoms with Crippen LogP contribution >= 0.6 is 0 Å². The van der Waals surface area contributed by atoms with E-state index in [0.717, 1.165) is 6.26 Å². The van der Waals surface area contributed by atoms with E-state index in [1.807, 2.05) is 4.72 Å². The van der Waals surface area contributed by atoms with Gasteiger partial charge in [0.15, 0.2) is 0 Å². The molecule has 0 radical (unpaired) electrons. The summed E-state index contributed by atoms with van der Waals surface area (Å²) in [5.74, 6) is -0.746. The van der Waals surface area contributed by atoms with E-state index in [9.17, 15) is 21.6 Å². The second kappa shape index (κ2) is 6.39. The standard InChI is InChI=1S/C14H14N2O5S2/c1-22(18,19)15-12-7-9-13(10-8-12)23(20,21)16-14(17)11-5-3-2-4-6-11/h2-10,15H,1H3,(H,16,17). The Balaban J connectivity index is 2.18. The monoisotopic (exact) mass is 354 g/mol. The first-order valence-corrected chi connectivity index (χ1v) is 9.75. The number of carbonyl (C=O) groups is 1. The zero-order chi connectivity index (χ0) is 17.1. The van der Waals surface area contributed by atoms with E-state index in [0.29, 0.717) is 0 Å². The Morgan fingerprint density at radius 2 is 1.43 bits per heavy atom. The molecule has 0 heterocycles. The number of hydrogen-bond acceptors (Lipinski definition) is 5. The van der Waals surface area contributed by atoms with Crippen LogP contribution < -0.4 is 9.44 Å². The van der Waals surface area contributed by atoms with Gasteiger partial charge in [-0.1, -0.05) is 18.2 Å². The van der Waals surface area contributed by atoms with Gasteiger partial charge < -0.3 is 0 Å². The fourth-order valence-electron chi connectivity index (χ4n) is 1.75. The van der Waals surface area contributed by atoms with E-state index in [-0.39, 0.29) is 16.1 Å². The number of benzene rings is 2. The third kappa shape index (κ3) is 4.80. The van der Waals surface area contributed by atoms with Crippen molar-refractivity contribution in [3.8, 4) is 0 Å². The fraction of sp³-hybridized carbons (Fsp3) is 0.0714. The van der Waals surface area contributed by atoms with Gasteiger partial charge in [-0.25, -0.2) is 21.6 Å². The molecule has 0 bridgehead atoms. The lowest BCUT2D eigenvalue weighted by atomic mass is 10.2. The summed E-state index contributed by atoms with van der Waals surface area (Å²) in [5.41, 5.74) is 0.437. The quantitative estimate of drug-likeness (QED) is 0.838. The van der Waals surface area contributed by atoms with Crippen molar-refractivity contribution in [3.63, 3.8) is 0 Å². The zero-order valence-corrected chi connectivity index (χ0v) is 13.7. The molecule has 0 spiro atoms. The van der Waals surface area contributed by atoms with Crippen molar-refractivity contribution in [1.29, 1.82) is 0 Å². The van der Waals surface area contributed by atoms with Gasteiger partial charge in [-0.2, -0.15) is 0 Å². The molecule has 0 saturated heterocycles. The second-order valence-electron chi connectivity index (χ2n) is 4.70. The van der Waals surface area contributed by atoms with Crippen molar-refractivity contribution in [2.45, 2.75) is 4.90 Å². The van der Waals surface area contributed by atoms with E-state index in [4.69, 9.17) is 0 Å². The van der Waals surface area contributed by atoms with Crippen molar-refractivity contribution >= 4 is 31.6 Å². The first-order chi connectivity index (χ1) is 10.7. The number of sulfonamides is 2. The topological polar surface area (TPSA) is 109 Å². The van der Waals surface area contributed by atoms with Gasteiger partial charge in [0.05, 0.1) is 11.2 Å². The van der Waals surface area contributed by atoms with Crippen LogP contribution in [0.15, 0.2) is 59.5 Å². The molecule has 2 N–H and O–H groups in total. The maximum absolute atomic E-state index is 12.1. The molecule has 1 amide bonds. The third-order valence-corrected chi connectivity index (χ3v) is 4.68. The third-order valence-electron chi connectivity index (χ3n) is 2.73. The highest BCUT2D eigenvalue weighted by molar-refractivity contribution is 7.92. The Kier molecular flexibility index (Phi) is 4.71. The molecule has 0 aliphatic rings. The fourth-order valence-corrected chi connectivity index (χ4v) is 3.28. The number of carbonyl (C=O) groups excluding carboxylic acids is 1. The summed E-state index contributed by atoms with van der Waals surface area (Å²) in [6.45, 7) is 0. The van der Waals surface area contributed by atoms with Crippen LogP contribution in [0.3, 0.4) is 0 Å². The van der Waals surface area contributed by atoms with Crippen LogP contribution in [0.4, 0.5) is 5.69 Å². The molecule has 0 fully saturated rings. The molecule has 0 aliphatic carbocycles. The molecule has 2 rings (SSSR count). The van der Waals surface area contributed by atoms with Crippen LogP contribution in [-0.2, 0) is 20.0 Å². The van der Waals surface area contributed by atoms with E-state index < -0.39 is 26.0 Å². The minimum Gasteiger partial charge on any atom is -0.284 e. The largest absolute Gasteiger partial charge is 0.284 e. The molecule has 9 heteroatoms. The minimum atomic E-state index is -4.04. The second-order valence-corrected chi connectivity index (χ2v) is 8.13. The van der Waals surface area contributed by atoms with Gasteiger partial charge in [-0.3, -0.25) is 9.52 Å². The minimum absolute atomic E-state index is 0.152. The molecule has 0 aliphatic heterocycles. The first-order valence-electron chi connectivity index (χ1n) is 6.37. The van der Waals surface area contributed by atoms with E-state index >= 15 is 0 Å². The number of amides is 1. The van der Waals surface area contributed by atoms with Crippen molar-refractivity contribution < 1.29 is 21.6 Å². The van der Waals surface area contributed by atoms with Crippen LogP contribution in [0.5, 0.6) is 0 Å². The van der Waals surface area contributed by atoms with Gasteiger partial charge in [0.1, 0.15) is 0 Å². The van der Waals surface area contributed by atoms with Crippen LogP contribution in [0.25, 0.3) is 0 Å². The zero-order valence-electron chi connectivity index (χ0n) is 12.1. The van der Waals surface area contributed by atoms with Gasteiger partial charge in [0, 0.05) is 11.3 Å². The molecule has 0 atom stereocenters. The van der Waals surface area contributed by atoms with Gasteiger partial charge in [-0.15, -0.1) is 0 Å². The van der Waals surface area contributed by atoms with Crippen LogP contribution in [0, 0.1) is 0 Å². The van der Waals surface area contributed by atoms with Crippen molar-refractivity contribution in [2.24, 2.45) is 0 Å². The first kappa shape index (κ1) is 17.0. The van der Waals surface area contributed by atoms with Gasteiger partial charge in [0.25, 0.3) is 15.9 Å². The van der Waals surface area contributed by atoms with Crippen molar-refractivity contribution in [3.05, 3.63) is 60.2 Å². The Bertz CT molecular complexity index is 905. The lowest BCUT2D eigenvalue weighted by Gasteiger charge is -2.08. The SMILES string of the molecule is CS(=O)(=O)Nc1ccc(S(=O)(=O)NC(=O)c2ccccc2)cc1. The number of rotatable bonds is 5. The molecule has 2 aromatic carbocycles. The summed E-state index contributed by atoms with van der Waals surface area (Å²) >= 11 is 0. The maximum atomic E-state index is 12.1. The molecule has 7 nitrogen and oxygen atoms in total. The molecule has 0 saturated carbocycles. The Labute approximate surface area is 134 Å². The summed E-state index contributed by atoms with van der Waals surface area (Å²) in [4.78, 5) is 11.8. The van der Waals surface area contributed by atoms with Crippen LogP contribution in [0.2, 0.25) is 0 Å².